The van der Waals surface area contributed by atoms with E-state index in [1.807, 2.05) is 24.3 Å². The van der Waals surface area contributed by atoms with Crippen molar-refractivity contribution in [3.05, 3.63) is 77.9 Å². The van der Waals surface area contributed by atoms with Gasteiger partial charge in [-0.1, -0.05) is 59.1 Å². The molecule has 4 N–H and O–H groups in total. The highest BCUT2D eigenvalue weighted by Gasteiger charge is 2.35. The Kier molecular flexibility index (Phi) is 13.2. The predicted octanol–water partition coefficient (Wildman–Crippen LogP) is 4.36. The van der Waals surface area contributed by atoms with Crippen LogP contribution in [0.2, 0.25) is 0 Å². The Morgan fingerprint density at radius 2 is 1.86 bits per heavy atom. The van der Waals surface area contributed by atoms with Crippen molar-refractivity contribution in [2.24, 2.45) is 5.41 Å². The minimum absolute atomic E-state index is 0.114. The number of nitrogens with one attached hydrogen (secondary N) is 3. The van der Waals surface area contributed by atoms with E-state index in [1.165, 1.54) is 11.9 Å². The van der Waals surface area contributed by atoms with Crippen molar-refractivity contribution in [1.29, 1.82) is 0 Å². The van der Waals surface area contributed by atoms with Crippen molar-refractivity contribution in [3.63, 3.8) is 0 Å². The summed E-state index contributed by atoms with van der Waals surface area (Å²) in [5, 5.41) is 18.6. The van der Waals surface area contributed by atoms with Crippen LogP contribution in [0.3, 0.4) is 0 Å². The number of halogens is 3. The molecule has 0 bridgehead atoms. The molecule has 0 unspecified atom stereocenters. The molecule has 1 aromatic carbocycles. The Morgan fingerprint density at radius 3 is 2.54 bits per heavy atom. The van der Waals surface area contributed by atoms with Gasteiger partial charge in [-0.05, 0) is 81.3 Å². The maximum absolute atomic E-state index is 13.6. The second-order valence-corrected chi connectivity index (χ2v) is 15.3. The largest absolute Gasteiger partial charge is 0.460 e. The molecule has 12 nitrogen and oxygen atoms in total. The van der Waals surface area contributed by atoms with Crippen LogP contribution in [0.4, 0.5) is 0 Å². The fourth-order valence-corrected chi connectivity index (χ4v) is 5.35. The number of carbonyl (C=O) groups excluding carboxylic acids is 4. The standard InChI is InChI=1S/C35H41Cl3N6O6/c1-21(31(47)44-14-6-8-28(43-44)32(48)50-20-35(36,37)38)41-30(46)29(15-23-7-5-13-39-18-23)42-33(49)34(3,4)12-11-27-17-26-16-24(22(2)45)9-10-25(26)19-40-27/h5,7,9-13,16-19,21-22,28-29,43,45H,6,8,14-15,20H2,1-4H3,(H,41,46)(H,42,49)/b12-11+/t21-,22+,28-,29-/m0/s1. The molecule has 3 heterocycles. The molecule has 0 radical (unpaired) electrons. The third-order valence-electron chi connectivity index (χ3n) is 8.13. The molecular weight excluding hydrogens is 707 g/mol. The number of carbonyl (C=O) groups is 4. The van der Waals surface area contributed by atoms with Gasteiger partial charge in [0.05, 0.1) is 17.2 Å². The number of pyridine rings is 2. The molecular formula is C35H41Cl3N6O6. The molecule has 4 rings (SSSR count). The third-order valence-corrected chi connectivity index (χ3v) is 8.46. The van der Waals surface area contributed by atoms with Gasteiger partial charge in [0.2, 0.25) is 15.6 Å². The third kappa shape index (κ3) is 11.1. The molecule has 1 fully saturated rings. The van der Waals surface area contributed by atoms with E-state index in [9.17, 15) is 24.3 Å². The lowest BCUT2D eigenvalue weighted by atomic mass is 9.90. The Balaban J connectivity index is 1.43. The lowest BCUT2D eigenvalue weighted by molar-refractivity contribution is -0.152. The van der Waals surface area contributed by atoms with E-state index in [0.717, 1.165) is 16.3 Å². The van der Waals surface area contributed by atoms with E-state index in [1.54, 1.807) is 63.6 Å². The van der Waals surface area contributed by atoms with Gasteiger partial charge in [0.25, 0.3) is 5.91 Å². The zero-order chi connectivity index (χ0) is 36.6. The van der Waals surface area contributed by atoms with Crippen LogP contribution < -0.4 is 16.1 Å². The Bertz CT molecular complexity index is 1720. The quantitative estimate of drug-likeness (QED) is 0.156. The molecule has 15 heteroatoms. The fraction of sp³-hybridized carbons (Fsp3) is 0.429. The van der Waals surface area contributed by atoms with Crippen molar-refractivity contribution in [1.82, 2.24) is 31.0 Å². The minimum Gasteiger partial charge on any atom is -0.460 e. The van der Waals surface area contributed by atoms with Crippen LogP contribution in [0.1, 0.15) is 63.5 Å². The maximum atomic E-state index is 13.6. The molecule has 0 saturated carbocycles. The van der Waals surface area contributed by atoms with Gasteiger partial charge in [-0.3, -0.25) is 34.2 Å². The van der Waals surface area contributed by atoms with E-state index >= 15 is 0 Å². The van der Waals surface area contributed by atoms with Gasteiger partial charge >= 0.3 is 5.97 Å². The topological polar surface area (TPSA) is 163 Å². The van der Waals surface area contributed by atoms with Crippen molar-refractivity contribution in [2.75, 3.05) is 13.2 Å². The first-order valence-corrected chi connectivity index (χ1v) is 17.2. The fourth-order valence-electron chi connectivity index (χ4n) is 5.18. The molecule has 1 aliphatic rings. The van der Waals surface area contributed by atoms with Gasteiger partial charge in [0, 0.05) is 36.9 Å². The van der Waals surface area contributed by atoms with Gasteiger partial charge in [-0.15, -0.1) is 0 Å². The summed E-state index contributed by atoms with van der Waals surface area (Å²) in [7, 11) is 0. The maximum Gasteiger partial charge on any atom is 0.325 e. The smallest absolute Gasteiger partial charge is 0.325 e. The number of aromatic nitrogens is 2. The normalized spacial score (nSPS) is 17.2. The summed E-state index contributed by atoms with van der Waals surface area (Å²) >= 11 is 17.0. The van der Waals surface area contributed by atoms with Crippen LogP contribution in [0.25, 0.3) is 16.8 Å². The highest BCUT2D eigenvalue weighted by molar-refractivity contribution is 6.67. The molecule has 2 aromatic heterocycles. The Hall–Kier alpha value is -3.81. The van der Waals surface area contributed by atoms with Gasteiger partial charge in [0.1, 0.15) is 24.7 Å². The van der Waals surface area contributed by atoms with E-state index in [2.05, 4.69) is 26.0 Å². The average Bonchev–Trinajstić information content (AvgIpc) is 3.08. The number of benzene rings is 1. The van der Waals surface area contributed by atoms with E-state index in [0.29, 0.717) is 24.1 Å². The summed E-state index contributed by atoms with van der Waals surface area (Å²) in [5.74, 6) is -2.18. The van der Waals surface area contributed by atoms with Gasteiger partial charge in [-0.2, -0.15) is 0 Å². The summed E-state index contributed by atoms with van der Waals surface area (Å²) in [5.41, 5.74) is 3.87. The number of aliphatic hydroxyl groups is 1. The van der Waals surface area contributed by atoms with Crippen LogP contribution in [0, 0.1) is 5.41 Å². The van der Waals surface area contributed by atoms with Crippen LogP contribution in [-0.4, -0.2) is 78.8 Å². The van der Waals surface area contributed by atoms with Crippen molar-refractivity contribution in [2.45, 2.75) is 75.0 Å². The number of hydrazine groups is 1. The first kappa shape index (κ1) is 39.0. The number of rotatable bonds is 12. The summed E-state index contributed by atoms with van der Waals surface area (Å²) < 4.78 is 3.28. The molecule has 0 aliphatic carbocycles. The molecule has 1 saturated heterocycles. The summed E-state index contributed by atoms with van der Waals surface area (Å²) in [6.07, 6.45) is 8.75. The number of fused-ring (bicyclic) bond motifs is 1. The lowest BCUT2D eigenvalue weighted by Crippen LogP contribution is -2.61. The van der Waals surface area contributed by atoms with E-state index in [4.69, 9.17) is 39.5 Å². The summed E-state index contributed by atoms with van der Waals surface area (Å²) in [6, 6.07) is 8.11. The predicted molar refractivity (Wildman–Crippen MR) is 192 cm³/mol. The van der Waals surface area contributed by atoms with Gasteiger partial charge < -0.3 is 20.5 Å². The van der Waals surface area contributed by atoms with Gasteiger partial charge in [0.15, 0.2) is 0 Å². The monoisotopic (exact) mass is 746 g/mol. The van der Waals surface area contributed by atoms with Crippen molar-refractivity contribution >= 4 is 75.3 Å². The summed E-state index contributed by atoms with van der Waals surface area (Å²) in [6.45, 7) is 6.49. The molecule has 4 atom stereocenters. The zero-order valence-electron chi connectivity index (χ0n) is 28.2. The number of ether oxygens (including phenoxy) is 1. The van der Waals surface area contributed by atoms with Crippen LogP contribution >= 0.6 is 34.8 Å². The average molecular weight is 748 g/mol. The first-order chi connectivity index (χ1) is 23.5. The minimum atomic E-state index is -1.77. The number of amides is 3. The second kappa shape index (κ2) is 16.9. The summed E-state index contributed by atoms with van der Waals surface area (Å²) in [4.78, 5) is 61.7. The Labute approximate surface area is 305 Å². The van der Waals surface area contributed by atoms with E-state index < -0.39 is 63.7 Å². The zero-order valence-corrected chi connectivity index (χ0v) is 30.4. The highest BCUT2D eigenvalue weighted by Crippen LogP contribution is 2.27. The SMILES string of the molecule is C[C@H](NC(=O)[C@H](Cc1cccnc1)NC(=O)C(C)(C)/C=C/c1cc2cc([C@@H](C)O)ccc2cn1)C(=O)N1CCC[C@@H](C(=O)OCC(Cl)(Cl)Cl)N1. The van der Waals surface area contributed by atoms with Crippen LogP contribution in [-0.2, 0) is 30.3 Å². The number of alkyl halides is 3. The molecule has 1 aliphatic heterocycles. The first-order valence-electron chi connectivity index (χ1n) is 16.1. The van der Waals surface area contributed by atoms with Gasteiger partial charge in [-0.25, -0.2) is 5.43 Å². The molecule has 3 amide bonds. The molecule has 50 heavy (non-hydrogen) atoms. The van der Waals surface area contributed by atoms with Crippen LogP contribution in [0.5, 0.6) is 0 Å². The van der Waals surface area contributed by atoms with Crippen LogP contribution in [0.15, 0.2) is 61.1 Å². The molecule has 268 valence electrons. The number of nitrogens with zero attached hydrogens (tertiary/aromatic N) is 3. The number of hydrogen-bond donors (Lipinski definition) is 4. The molecule has 0 spiro atoms. The Morgan fingerprint density at radius 1 is 1.10 bits per heavy atom. The highest BCUT2D eigenvalue weighted by atomic mass is 35.6. The number of esters is 1. The number of hydrogen-bond acceptors (Lipinski definition) is 9. The van der Waals surface area contributed by atoms with E-state index in [-0.39, 0.29) is 13.0 Å². The second-order valence-electron chi connectivity index (χ2n) is 12.8. The van der Waals surface area contributed by atoms with Crippen molar-refractivity contribution < 1.29 is 29.0 Å². The molecule has 3 aromatic rings. The van der Waals surface area contributed by atoms with Crippen molar-refractivity contribution in [3.8, 4) is 0 Å². The lowest BCUT2D eigenvalue weighted by Gasteiger charge is -2.34. The number of aliphatic hydroxyl groups excluding tert-OH is 1.